The highest BCUT2D eigenvalue weighted by Gasteiger charge is 2.12. The Morgan fingerprint density at radius 1 is 1.48 bits per heavy atom. The van der Waals surface area contributed by atoms with Gasteiger partial charge in [-0.2, -0.15) is 0 Å². The van der Waals surface area contributed by atoms with Gasteiger partial charge in [-0.3, -0.25) is 0 Å². The summed E-state index contributed by atoms with van der Waals surface area (Å²) in [6.45, 7) is 4.47. The molecule has 21 heavy (non-hydrogen) atoms. The molecule has 2 aromatic rings. The minimum atomic E-state index is 0.359. The lowest BCUT2D eigenvalue weighted by atomic mass is 10.2. The highest BCUT2D eigenvalue weighted by atomic mass is 35.5. The van der Waals surface area contributed by atoms with Gasteiger partial charge in [0.05, 0.1) is 12.1 Å². The van der Waals surface area contributed by atoms with Gasteiger partial charge in [-0.1, -0.05) is 29.4 Å². The molecule has 0 amide bonds. The number of tetrazole rings is 1. The van der Waals surface area contributed by atoms with E-state index in [1.807, 2.05) is 6.07 Å². The van der Waals surface area contributed by atoms with Gasteiger partial charge in [0, 0.05) is 13.6 Å². The normalized spacial score (nSPS) is 10.2. The molecule has 1 aromatic heterocycles. The second-order valence-corrected chi connectivity index (χ2v) is 4.60. The van der Waals surface area contributed by atoms with Gasteiger partial charge in [0.25, 0.3) is 0 Å². The molecule has 0 fully saturated rings. The van der Waals surface area contributed by atoms with E-state index in [1.165, 1.54) is 0 Å². The van der Waals surface area contributed by atoms with Crippen molar-refractivity contribution in [2.75, 3.05) is 19.0 Å². The summed E-state index contributed by atoms with van der Waals surface area (Å²) in [5, 5.41) is 14.7. The minimum absolute atomic E-state index is 0.359. The van der Waals surface area contributed by atoms with Gasteiger partial charge in [-0.15, -0.1) is 0 Å². The van der Waals surface area contributed by atoms with Crippen LogP contribution in [-0.2, 0) is 13.6 Å². The molecule has 1 N–H and O–H groups in total. The molecule has 8 heteroatoms. The Balaban J connectivity index is 2.15. The van der Waals surface area contributed by atoms with Crippen LogP contribution in [0, 0.1) is 0 Å². The molecule has 0 atom stereocenters. The molecule has 0 aliphatic carbocycles. The van der Waals surface area contributed by atoms with Crippen LogP contribution in [0.25, 0.3) is 0 Å². The second kappa shape index (κ2) is 6.94. The van der Waals surface area contributed by atoms with E-state index in [1.54, 1.807) is 31.0 Å². The van der Waals surface area contributed by atoms with Crippen molar-refractivity contribution < 1.29 is 9.47 Å². The van der Waals surface area contributed by atoms with Gasteiger partial charge in [0.1, 0.15) is 6.61 Å². The fourth-order valence-corrected chi connectivity index (χ4v) is 2.01. The molecule has 7 nitrogen and oxygen atoms in total. The van der Waals surface area contributed by atoms with Crippen molar-refractivity contribution in [3.63, 3.8) is 0 Å². The van der Waals surface area contributed by atoms with Gasteiger partial charge in [-0.25, -0.2) is 4.68 Å². The first kappa shape index (κ1) is 15.1. The molecule has 0 saturated heterocycles. The summed E-state index contributed by atoms with van der Waals surface area (Å²) in [5.41, 5.74) is 0.922. The lowest BCUT2D eigenvalue weighted by Gasteiger charge is -2.13. The monoisotopic (exact) mass is 309 g/mol. The molecular formula is C13H16ClN5O2. The number of rotatable bonds is 7. The van der Waals surface area contributed by atoms with Crippen molar-refractivity contribution in [1.82, 2.24) is 20.2 Å². The third kappa shape index (κ3) is 3.63. The molecule has 1 heterocycles. The van der Waals surface area contributed by atoms with E-state index in [2.05, 4.69) is 27.4 Å². The predicted octanol–water partition coefficient (Wildman–Crippen LogP) is 2.05. The Labute approximate surface area is 127 Å². The fraction of sp³-hybridized carbons (Fsp3) is 0.308. The summed E-state index contributed by atoms with van der Waals surface area (Å²) >= 11 is 6.23. The second-order valence-electron chi connectivity index (χ2n) is 4.19. The highest BCUT2D eigenvalue weighted by molar-refractivity contribution is 6.32. The molecular weight excluding hydrogens is 294 g/mol. The average molecular weight is 310 g/mol. The largest absolute Gasteiger partial charge is 0.493 e. The first-order chi connectivity index (χ1) is 10.2. The number of methoxy groups -OCH3 is 1. The first-order valence-electron chi connectivity index (χ1n) is 6.22. The molecule has 0 spiro atoms. The molecule has 0 unspecified atom stereocenters. The molecule has 2 rings (SSSR count). The summed E-state index contributed by atoms with van der Waals surface area (Å²) < 4.78 is 12.4. The smallest absolute Gasteiger partial charge is 0.242 e. The van der Waals surface area contributed by atoms with Crippen molar-refractivity contribution in [3.8, 4) is 11.5 Å². The number of ether oxygens (including phenoxy) is 2. The van der Waals surface area contributed by atoms with Gasteiger partial charge < -0.3 is 14.8 Å². The zero-order valence-electron chi connectivity index (χ0n) is 11.8. The molecule has 0 aliphatic heterocycles. The van der Waals surface area contributed by atoms with Crippen LogP contribution < -0.4 is 14.8 Å². The summed E-state index contributed by atoms with van der Waals surface area (Å²) in [6.07, 6.45) is 1.65. The molecule has 1 aromatic carbocycles. The van der Waals surface area contributed by atoms with E-state index in [9.17, 15) is 0 Å². The number of halogens is 1. The van der Waals surface area contributed by atoms with E-state index >= 15 is 0 Å². The predicted molar refractivity (Wildman–Crippen MR) is 79.8 cm³/mol. The van der Waals surface area contributed by atoms with Gasteiger partial charge >= 0.3 is 0 Å². The molecule has 0 bridgehead atoms. The zero-order valence-corrected chi connectivity index (χ0v) is 12.6. The van der Waals surface area contributed by atoms with Crippen molar-refractivity contribution >= 4 is 17.5 Å². The maximum atomic E-state index is 6.23. The summed E-state index contributed by atoms with van der Waals surface area (Å²) in [4.78, 5) is 0. The van der Waals surface area contributed by atoms with E-state index in [-0.39, 0.29) is 0 Å². The molecule has 0 saturated carbocycles. The molecule has 0 radical (unpaired) electrons. The summed E-state index contributed by atoms with van der Waals surface area (Å²) in [5.74, 6) is 1.64. The standard InChI is InChI=1S/C13H16ClN5O2/c1-4-5-21-12-10(14)6-9(7-11(12)20-3)8-15-13-16-17-18-19(13)2/h4,6-7H,1,5,8H2,2-3H3,(H,15,16,18). The summed E-state index contributed by atoms with van der Waals surface area (Å²) in [7, 11) is 3.32. The van der Waals surface area contributed by atoms with Crippen LogP contribution in [0.1, 0.15) is 5.56 Å². The number of hydrogen-bond acceptors (Lipinski definition) is 6. The summed E-state index contributed by atoms with van der Waals surface area (Å²) in [6, 6.07) is 3.65. The molecule has 112 valence electrons. The number of benzene rings is 1. The quantitative estimate of drug-likeness (QED) is 0.789. The SMILES string of the molecule is C=CCOc1c(Cl)cc(CNc2nnnn2C)cc1OC. The topological polar surface area (TPSA) is 74.1 Å². The van der Waals surface area contributed by atoms with Crippen LogP contribution in [0.3, 0.4) is 0 Å². The first-order valence-corrected chi connectivity index (χ1v) is 6.59. The van der Waals surface area contributed by atoms with Gasteiger partial charge in [0.15, 0.2) is 11.5 Å². The lowest BCUT2D eigenvalue weighted by molar-refractivity contribution is 0.326. The van der Waals surface area contributed by atoms with Crippen LogP contribution in [0.15, 0.2) is 24.8 Å². The third-order valence-corrected chi connectivity index (χ3v) is 2.99. The number of hydrogen-bond donors (Lipinski definition) is 1. The molecule has 0 aliphatic rings. The maximum absolute atomic E-state index is 6.23. The van der Waals surface area contributed by atoms with Crippen LogP contribution in [0.4, 0.5) is 5.95 Å². The number of nitrogens with one attached hydrogen (secondary N) is 1. The van der Waals surface area contributed by atoms with Gasteiger partial charge in [0.2, 0.25) is 5.95 Å². The average Bonchev–Trinajstić information content (AvgIpc) is 2.88. The van der Waals surface area contributed by atoms with Crippen molar-refractivity contribution in [2.24, 2.45) is 7.05 Å². The Morgan fingerprint density at radius 2 is 2.29 bits per heavy atom. The van der Waals surface area contributed by atoms with Crippen molar-refractivity contribution in [1.29, 1.82) is 0 Å². The minimum Gasteiger partial charge on any atom is -0.493 e. The van der Waals surface area contributed by atoms with E-state index in [0.29, 0.717) is 35.6 Å². The third-order valence-electron chi connectivity index (χ3n) is 2.71. The van der Waals surface area contributed by atoms with Crippen LogP contribution in [0.5, 0.6) is 11.5 Å². The Hall–Kier alpha value is -2.28. The van der Waals surface area contributed by atoms with Gasteiger partial charge in [-0.05, 0) is 28.1 Å². The number of aryl methyl sites for hydroxylation is 1. The Bertz CT molecular complexity index is 629. The Kier molecular flexibility index (Phi) is 4.99. The maximum Gasteiger partial charge on any atom is 0.242 e. The van der Waals surface area contributed by atoms with Crippen molar-refractivity contribution in [3.05, 3.63) is 35.4 Å². The van der Waals surface area contributed by atoms with E-state index < -0.39 is 0 Å². The lowest BCUT2D eigenvalue weighted by Crippen LogP contribution is -2.06. The van der Waals surface area contributed by atoms with E-state index in [0.717, 1.165) is 5.56 Å². The van der Waals surface area contributed by atoms with Crippen LogP contribution in [-0.4, -0.2) is 33.9 Å². The fourth-order valence-electron chi connectivity index (χ4n) is 1.72. The number of aromatic nitrogens is 4. The van der Waals surface area contributed by atoms with Crippen LogP contribution in [0.2, 0.25) is 5.02 Å². The zero-order chi connectivity index (χ0) is 15.2. The highest BCUT2D eigenvalue weighted by Crippen LogP contribution is 2.36. The number of anilines is 1. The van der Waals surface area contributed by atoms with E-state index in [4.69, 9.17) is 21.1 Å². The number of nitrogens with zero attached hydrogens (tertiary/aromatic N) is 4. The Morgan fingerprint density at radius 3 is 2.90 bits per heavy atom. The van der Waals surface area contributed by atoms with Crippen LogP contribution >= 0.6 is 11.6 Å². The van der Waals surface area contributed by atoms with Crippen molar-refractivity contribution in [2.45, 2.75) is 6.54 Å².